The summed E-state index contributed by atoms with van der Waals surface area (Å²) in [4.78, 5) is 24.6. The molecule has 0 radical (unpaired) electrons. The van der Waals surface area contributed by atoms with Crippen molar-refractivity contribution in [3.05, 3.63) is 65.4 Å². The summed E-state index contributed by atoms with van der Waals surface area (Å²) in [6, 6.07) is 14.8. The second-order valence-electron chi connectivity index (χ2n) is 6.82. The minimum atomic E-state index is 0.263. The molecule has 3 saturated heterocycles. The number of carbonyl (C=O) groups is 2. The van der Waals surface area contributed by atoms with E-state index in [1.165, 1.54) is 0 Å². The molecule has 3 aliphatic rings. The minimum absolute atomic E-state index is 0.263. The Morgan fingerprint density at radius 3 is 1.79 bits per heavy atom. The van der Waals surface area contributed by atoms with Gasteiger partial charge in [0.2, 0.25) is 0 Å². The zero-order chi connectivity index (χ0) is 19.9. The van der Waals surface area contributed by atoms with Crippen molar-refractivity contribution in [2.24, 2.45) is 5.92 Å². The molecule has 3 fully saturated rings. The topological polar surface area (TPSA) is 55.8 Å². The number of allylic oxidation sites excluding steroid dienone is 1. The number of hydrogen-bond acceptors (Lipinski definition) is 5. The predicted molar refractivity (Wildman–Crippen MR) is 109 cm³/mol. The van der Waals surface area contributed by atoms with Crippen LogP contribution in [-0.2, 0) is 4.79 Å². The second-order valence-corrected chi connectivity index (χ2v) is 6.82. The summed E-state index contributed by atoms with van der Waals surface area (Å²) in [5, 5.41) is 0. The molecular weight excluding hydrogens is 354 g/mol. The van der Waals surface area contributed by atoms with Crippen molar-refractivity contribution >= 4 is 18.1 Å². The van der Waals surface area contributed by atoms with E-state index in [9.17, 15) is 9.59 Å². The number of aldehydes is 1. The summed E-state index contributed by atoms with van der Waals surface area (Å²) in [6.07, 6.45) is 4.87. The number of Topliss-reactive ketones (excluding diaryl/α,β-unsaturated/α-hetero) is 1. The summed E-state index contributed by atoms with van der Waals surface area (Å²) in [5.74, 6) is 2.20. The van der Waals surface area contributed by atoms with Crippen molar-refractivity contribution in [3.8, 4) is 11.5 Å². The van der Waals surface area contributed by atoms with E-state index < -0.39 is 0 Å². The van der Waals surface area contributed by atoms with Crippen molar-refractivity contribution in [1.29, 1.82) is 0 Å². The van der Waals surface area contributed by atoms with Gasteiger partial charge in [0.05, 0.1) is 19.9 Å². The van der Waals surface area contributed by atoms with E-state index >= 15 is 0 Å². The molecule has 0 aromatic heterocycles. The number of ketones is 1. The second kappa shape index (κ2) is 9.22. The molecule has 28 heavy (non-hydrogen) atoms. The zero-order valence-corrected chi connectivity index (χ0v) is 16.3. The van der Waals surface area contributed by atoms with E-state index in [0.29, 0.717) is 11.3 Å². The fraction of sp³-hybridized carbons (Fsp3) is 0.304. The summed E-state index contributed by atoms with van der Waals surface area (Å²) < 4.78 is 10.0. The summed E-state index contributed by atoms with van der Waals surface area (Å²) in [5.41, 5.74) is 2.62. The lowest BCUT2D eigenvalue weighted by Gasteiger charge is -2.41. The van der Waals surface area contributed by atoms with Gasteiger partial charge in [-0.05, 0) is 60.9 Å². The van der Waals surface area contributed by atoms with Crippen molar-refractivity contribution in [3.63, 3.8) is 0 Å². The lowest BCUT2D eigenvalue weighted by Crippen LogP contribution is -2.45. The fourth-order valence-corrected chi connectivity index (χ4v) is 3.45. The number of benzene rings is 2. The normalized spacial score (nSPS) is 17.1. The van der Waals surface area contributed by atoms with E-state index in [-0.39, 0.29) is 5.92 Å². The van der Waals surface area contributed by atoms with Gasteiger partial charge in [0.25, 0.3) is 0 Å². The highest BCUT2D eigenvalue weighted by atomic mass is 16.5. The van der Waals surface area contributed by atoms with Crippen LogP contribution in [0.15, 0.2) is 54.2 Å². The Morgan fingerprint density at radius 1 is 0.857 bits per heavy atom. The van der Waals surface area contributed by atoms with Gasteiger partial charge in [-0.1, -0.05) is 12.1 Å². The average molecular weight is 379 g/mol. The summed E-state index contributed by atoms with van der Waals surface area (Å²) >= 11 is 0. The first-order valence-corrected chi connectivity index (χ1v) is 9.38. The Labute approximate surface area is 165 Å². The Balaban J connectivity index is 0.000000192. The highest BCUT2D eigenvalue weighted by molar-refractivity contribution is 6.01. The molecule has 0 saturated carbocycles. The van der Waals surface area contributed by atoms with Crippen LogP contribution in [0.2, 0.25) is 0 Å². The number of rotatable bonds is 4. The molecule has 5 rings (SSSR count). The first-order valence-electron chi connectivity index (χ1n) is 9.38. The maximum Gasteiger partial charge on any atom is 0.182 e. The van der Waals surface area contributed by atoms with Crippen molar-refractivity contribution in [2.45, 2.75) is 12.8 Å². The first-order chi connectivity index (χ1) is 13.6. The minimum Gasteiger partial charge on any atom is -0.497 e. The van der Waals surface area contributed by atoms with E-state index in [2.05, 4.69) is 4.90 Å². The largest absolute Gasteiger partial charge is 0.497 e. The van der Waals surface area contributed by atoms with E-state index in [4.69, 9.17) is 9.47 Å². The summed E-state index contributed by atoms with van der Waals surface area (Å²) in [6.45, 7) is 2.05. The number of fused-ring (bicyclic) bond motifs is 3. The van der Waals surface area contributed by atoms with Crippen LogP contribution < -0.4 is 9.47 Å². The molecule has 3 heterocycles. The van der Waals surface area contributed by atoms with E-state index in [1.54, 1.807) is 38.5 Å². The van der Waals surface area contributed by atoms with Gasteiger partial charge in [0.15, 0.2) is 5.78 Å². The van der Waals surface area contributed by atoms with Crippen molar-refractivity contribution in [1.82, 2.24) is 4.90 Å². The molecule has 0 spiro atoms. The quantitative estimate of drug-likeness (QED) is 0.597. The third-order valence-corrected chi connectivity index (χ3v) is 5.13. The van der Waals surface area contributed by atoms with E-state index in [1.807, 2.05) is 30.3 Å². The number of nitrogens with zero attached hydrogens (tertiary/aromatic N) is 1. The Hall–Kier alpha value is -3.08. The zero-order valence-electron chi connectivity index (χ0n) is 16.3. The van der Waals surface area contributed by atoms with E-state index in [0.717, 1.165) is 55.0 Å². The van der Waals surface area contributed by atoms with Gasteiger partial charge in [0.1, 0.15) is 17.8 Å². The van der Waals surface area contributed by atoms with Crippen LogP contribution in [0.1, 0.15) is 28.8 Å². The number of carbonyl (C=O) groups excluding carboxylic acids is 2. The van der Waals surface area contributed by atoms with Gasteiger partial charge < -0.3 is 14.4 Å². The van der Waals surface area contributed by atoms with Crippen molar-refractivity contribution in [2.75, 3.05) is 27.3 Å². The lowest BCUT2D eigenvalue weighted by atomic mass is 9.84. The monoisotopic (exact) mass is 379 g/mol. The number of hydrogen-bond donors (Lipinski definition) is 0. The molecule has 0 amide bonds. The predicted octanol–water partition coefficient (Wildman–Crippen LogP) is 3.84. The third-order valence-electron chi connectivity index (χ3n) is 5.13. The van der Waals surface area contributed by atoms with Gasteiger partial charge in [-0.15, -0.1) is 0 Å². The van der Waals surface area contributed by atoms with Crippen LogP contribution >= 0.6 is 0 Å². The van der Waals surface area contributed by atoms with Gasteiger partial charge in [0, 0.05) is 24.6 Å². The van der Waals surface area contributed by atoms with Crippen molar-refractivity contribution < 1.29 is 19.1 Å². The lowest BCUT2D eigenvalue weighted by molar-refractivity contribution is -0.125. The Morgan fingerprint density at radius 2 is 1.36 bits per heavy atom. The molecule has 2 bridgehead atoms. The molecule has 5 heteroatoms. The third kappa shape index (κ3) is 4.60. The smallest absolute Gasteiger partial charge is 0.182 e. The highest BCUT2D eigenvalue weighted by Crippen LogP contribution is 2.32. The molecule has 146 valence electrons. The van der Waals surface area contributed by atoms with Gasteiger partial charge in [-0.25, -0.2) is 0 Å². The van der Waals surface area contributed by atoms with Crippen LogP contribution in [-0.4, -0.2) is 44.3 Å². The molecule has 2 aromatic carbocycles. The van der Waals surface area contributed by atoms with Crippen LogP contribution in [0.3, 0.4) is 0 Å². The molecule has 0 unspecified atom stereocenters. The molecule has 0 aliphatic carbocycles. The van der Waals surface area contributed by atoms with Gasteiger partial charge in [-0.2, -0.15) is 0 Å². The number of ether oxygens (including phenoxy) is 2. The summed E-state index contributed by atoms with van der Waals surface area (Å²) in [7, 11) is 3.25. The van der Waals surface area contributed by atoms with Crippen LogP contribution in [0.25, 0.3) is 6.08 Å². The van der Waals surface area contributed by atoms with Gasteiger partial charge >= 0.3 is 0 Å². The SMILES string of the molecule is COc1ccc(/C=C2\C(=O)C3CCN2CC3)cc1.COc1ccc(C=O)cc1. The molecule has 2 aromatic rings. The maximum absolute atomic E-state index is 12.2. The fourth-order valence-electron chi connectivity index (χ4n) is 3.45. The highest BCUT2D eigenvalue weighted by Gasteiger charge is 2.36. The molecule has 0 atom stereocenters. The Bertz CT molecular complexity index is 832. The van der Waals surface area contributed by atoms with Crippen LogP contribution in [0.5, 0.6) is 11.5 Å². The molecule has 5 nitrogen and oxygen atoms in total. The molecule has 3 aliphatic heterocycles. The van der Waals surface area contributed by atoms with Gasteiger partial charge in [-0.3, -0.25) is 9.59 Å². The average Bonchev–Trinajstić information content (AvgIpc) is 2.77. The molecular formula is C23H25NO4. The van der Waals surface area contributed by atoms with Crippen LogP contribution in [0.4, 0.5) is 0 Å². The number of piperidine rings is 3. The first kappa shape index (κ1) is 19.7. The number of methoxy groups -OCH3 is 2. The standard InChI is InChI=1S/C15H17NO2.C8H8O2/c1-18-13-4-2-11(3-5-13)10-14-15(17)12-6-8-16(14)9-7-12;1-10-8-4-2-7(6-9)3-5-8/h2-5,10,12H,6-9H2,1H3;2-6H,1H3/b14-10+;. The maximum atomic E-state index is 12.2. The van der Waals surface area contributed by atoms with Crippen LogP contribution in [0, 0.1) is 5.92 Å². The Kier molecular flexibility index (Phi) is 6.48. The molecule has 0 N–H and O–H groups in total.